The van der Waals surface area contributed by atoms with Crippen LogP contribution in [0.25, 0.3) is 0 Å². The first-order valence-corrected chi connectivity index (χ1v) is 11.2. The molecule has 3 aliphatic rings. The summed E-state index contributed by atoms with van der Waals surface area (Å²) >= 11 is 0. The second kappa shape index (κ2) is 7.66. The maximum Gasteiger partial charge on any atom is 0.194 e. The van der Waals surface area contributed by atoms with E-state index in [9.17, 15) is 8.42 Å². The normalized spacial score (nSPS) is 28.4. The van der Waals surface area contributed by atoms with Crippen LogP contribution in [0.5, 0.6) is 0 Å². The van der Waals surface area contributed by atoms with Gasteiger partial charge in [0.2, 0.25) is 0 Å². The van der Waals surface area contributed by atoms with Crippen LogP contribution in [0, 0.1) is 11.3 Å². The molecule has 1 atom stereocenters. The van der Waals surface area contributed by atoms with Gasteiger partial charge in [0.05, 0.1) is 18.1 Å². The molecule has 0 aromatic rings. The van der Waals surface area contributed by atoms with Crippen molar-refractivity contribution < 1.29 is 13.2 Å². The molecule has 6 nitrogen and oxygen atoms in total. The topological polar surface area (TPSA) is 71.0 Å². The van der Waals surface area contributed by atoms with E-state index in [2.05, 4.69) is 16.8 Å². The molecule has 1 unspecified atom stereocenters. The van der Waals surface area contributed by atoms with Crippen molar-refractivity contribution in [2.45, 2.75) is 32.6 Å². The van der Waals surface area contributed by atoms with Gasteiger partial charge in [0.1, 0.15) is 0 Å². The zero-order valence-corrected chi connectivity index (χ0v) is 16.1. The minimum atomic E-state index is -2.83. The molecule has 3 rings (SSSR count). The van der Waals surface area contributed by atoms with Crippen LogP contribution in [0.3, 0.4) is 0 Å². The highest BCUT2D eigenvalue weighted by Gasteiger charge is 2.40. The van der Waals surface area contributed by atoms with Gasteiger partial charge in [-0.3, -0.25) is 0 Å². The minimum absolute atomic E-state index is 0.194. The first-order valence-electron chi connectivity index (χ1n) is 9.33. The predicted octanol–water partition coefficient (Wildman–Crippen LogP) is 1.45. The molecular formula is C18H31N3O3S. The van der Waals surface area contributed by atoms with Gasteiger partial charge >= 0.3 is 0 Å². The molecule has 0 bridgehead atoms. The number of guanidine groups is 1. The third kappa shape index (κ3) is 4.97. The van der Waals surface area contributed by atoms with Gasteiger partial charge in [-0.1, -0.05) is 12.2 Å². The first kappa shape index (κ1) is 18.7. The largest absolute Gasteiger partial charge is 0.381 e. The number of nitrogens with zero attached hydrogens (tertiary/aromatic N) is 2. The van der Waals surface area contributed by atoms with E-state index in [1.165, 1.54) is 6.42 Å². The fourth-order valence-electron chi connectivity index (χ4n) is 4.07. The molecule has 1 N–H and O–H groups in total. The Balaban J connectivity index is 1.61. The maximum atomic E-state index is 11.7. The summed E-state index contributed by atoms with van der Waals surface area (Å²) in [6.07, 6.45) is 4.18. The average molecular weight is 370 g/mol. The molecule has 0 radical (unpaired) electrons. The van der Waals surface area contributed by atoms with Crippen molar-refractivity contribution in [2.75, 3.05) is 50.9 Å². The lowest BCUT2D eigenvalue weighted by atomic mass is 9.80. The lowest BCUT2D eigenvalue weighted by Gasteiger charge is -2.33. The molecule has 0 saturated carbocycles. The number of nitrogens with one attached hydrogen (secondary N) is 1. The number of ether oxygens (including phenoxy) is 1. The van der Waals surface area contributed by atoms with E-state index >= 15 is 0 Å². The second-order valence-corrected chi connectivity index (χ2v) is 10.3. The van der Waals surface area contributed by atoms with Crippen LogP contribution in [-0.2, 0) is 14.6 Å². The minimum Gasteiger partial charge on any atom is -0.381 e. The van der Waals surface area contributed by atoms with Crippen molar-refractivity contribution in [3.05, 3.63) is 12.2 Å². The Bertz CT molecular complexity index is 623. The van der Waals surface area contributed by atoms with Gasteiger partial charge in [-0.2, -0.15) is 0 Å². The number of aliphatic imine (C=N–C) groups is 1. The lowest BCUT2D eigenvalue weighted by molar-refractivity contribution is 0.0217. The zero-order chi connectivity index (χ0) is 17.9. The van der Waals surface area contributed by atoms with Crippen LogP contribution in [0.2, 0.25) is 0 Å². The standard InChI is InChI=1S/C18H31N3O3S/c1-15(2)11-19-17(20-12-16-3-10-25(22,23)13-16)21-7-4-18(14-21)5-8-24-9-6-18/h16H,1,3-14H2,2H3,(H,19,20). The molecule has 3 saturated heterocycles. The highest BCUT2D eigenvalue weighted by molar-refractivity contribution is 7.91. The lowest BCUT2D eigenvalue weighted by Crippen LogP contribution is -2.44. The summed E-state index contributed by atoms with van der Waals surface area (Å²) in [4.78, 5) is 7.08. The van der Waals surface area contributed by atoms with E-state index in [0.717, 1.165) is 57.1 Å². The molecule has 0 amide bonds. The summed E-state index contributed by atoms with van der Waals surface area (Å²) in [6, 6.07) is 0. The van der Waals surface area contributed by atoms with Gasteiger partial charge in [-0.15, -0.1) is 0 Å². The van der Waals surface area contributed by atoms with E-state index in [0.29, 0.717) is 30.0 Å². The first-order chi connectivity index (χ1) is 11.9. The van der Waals surface area contributed by atoms with E-state index < -0.39 is 9.84 Å². The molecule has 3 heterocycles. The van der Waals surface area contributed by atoms with Gasteiger partial charge in [0.15, 0.2) is 15.8 Å². The number of sulfone groups is 1. The molecule has 1 spiro atoms. The van der Waals surface area contributed by atoms with E-state index in [1.807, 2.05) is 6.92 Å². The smallest absolute Gasteiger partial charge is 0.194 e. The summed E-state index contributed by atoms with van der Waals surface area (Å²) in [5.74, 6) is 1.73. The zero-order valence-electron chi connectivity index (χ0n) is 15.3. The Morgan fingerprint density at radius 1 is 1.36 bits per heavy atom. The maximum absolute atomic E-state index is 11.7. The van der Waals surface area contributed by atoms with Crippen molar-refractivity contribution in [3.8, 4) is 0 Å². The summed E-state index contributed by atoms with van der Waals surface area (Å²) in [5.41, 5.74) is 1.39. The second-order valence-electron chi connectivity index (χ2n) is 8.03. The molecule has 142 valence electrons. The SMILES string of the molecule is C=C(C)CN=C(NCC1CCS(=O)(=O)C1)N1CCC2(CCOCC2)C1. The van der Waals surface area contributed by atoms with Crippen molar-refractivity contribution in [2.24, 2.45) is 16.3 Å². The van der Waals surface area contributed by atoms with Crippen LogP contribution in [0.1, 0.15) is 32.6 Å². The summed E-state index contributed by atoms with van der Waals surface area (Å²) < 4.78 is 28.9. The molecule has 3 fully saturated rings. The Kier molecular flexibility index (Phi) is 5.73. The number of likely N-dealkylation sites (tertiary alicyclic amines) is 1. The van der Waals surface area contributed by atoms with Crippen LogP contribution in [0.15, 0.2) is 17.1 Å². The molecule has 7 heteroatoms. The average Bonchev–Trinajstić information content (AvgIpc) is 3.11. The Morgan fingerprint density at radius 3 is 2.76 bits per heavy atom. The van der Waals surface area contributed by atoms with Crippen LogP contribution >= 0.6 is 0 Å². The monoisotopic (exact) mass is 369 g/mol. The van der Waals surface area contributed by atoms with E-state index in [-0.39, 0.29) is 5.92 Å². The third-order valence-electron chi connectivity index (χ3n) is 5.67. The quantitative estimate of drug-likeness (QED) is 0.461. The van der Waals surface area contributed by atoms with Crippen molar-refractivity contribution in [1.29, 1.82) is 0 Å². The summed E-state index contributed by atoms with van der Waals surface area (Å²) in [5, 5.41) is 3.46. The highest BCUT2D eigenvalue weighted by atomic mass is 32.2. The molecular weight excluding hydrogens is 338 g/mol. The van der Waals surface area contributed by atoms with Gasteiger partial charge in [-0.05, 0) is 43.9 Å². The summed E-state index contributed by atoms with van der Waals surface area (Å²) in [6.45, 7) is 11.0. The van der Waals surface area contributed by atoms with E-state index in [1.54, 1.807) is 0 Å². The molecule has 3 aliphatic heterocycles. The van der Waals surface area contributed by atoms with Gasteiger partial charge in [-0.25, -0.2) is 13.4 Å². The van der Waals surface area contributed by atoms with Crippen molar-refractivity contribution in [1.82, 2.24) is 10.2 Å². The number of hydrogen-bond acceptors (Lipinski definition) is 4. The Hall–Kier alpha value is -1.08. The van der Waals surface area contributed by atoms with Crippen molar-refractivity contribution in [3.63, 3.8) is 0 Å². The van der Waals surface area contributed by atoms with Crippen LogP contribution in [-0.4, -0.2) is 70.2 Å². The van der Waals surface area contributed by atoms with Crippen LogP contribution < -0.4 is 5.32 Å². The fraction of sp³-hybridized carbons (Fsp3) is 0.833. The predicted molar refractivity (Wildman–Crippen MR) is 101 cm³/mol. The molecule has 0 aromatic carbocycles. The van der Waals surface area contributed by atoms with Gasteiger partial charge in [0, 0.05) is 32.8 Å². The number of rotatable bonds is 4. The van der Waals surface area contributed by atoms with Crippen molar-refractivity contribution >= 4 is 15.8 Å². The van der Waals surface area contributed by atoms with Gasteiger partial charge < -0.3 is 15.0 Å². The number of hydrogen-bond donors (Lipinski definition) is 1. The summed E-state index contributed by atoms with van der Waals surface area (Å²) in [7, 11) is -2.83. The highest BCUT2D eigenvalue weighted by Crippen LogP contribution is 2.39. The third-order valence-corrected chi connectivity index (χ3v) is 7.50. The fourth-order valence-corrected chi connectivity index (χ4v) is 5.94. The Morgan fingerprint density at radius 2 is 2.12 bits per heavy atom. The van der Waals surface area contributed by atoms with E-state index in [4.69, 9.17) is 9.73 Å². The van der Waals surface area contributed by atoms with Gasteiger partial charge in [0.25, 0.3) is 0 Å². The molecule has 0 aliphatic carbocycles. The molecule has 0 aromatic heterocycles. The Labute approximate surface area is 151 Å². The van der Waals surface area contributed by atoms with Crippen LogP contribution in [0.4, 0.5) is 0 Å². The molecule has 25 heavy (non-hydrogen) atoms.